The summed E-state index contributed by atoms with van der Waals surface area (Å²) in [5, 5.41) is 3.21. The molecule has 3 nitrogen and oxygen atoms in total. The second-order valence-corrected chi connectivity index (χ2v) is 6.22. The maximum Gasteiger partial charge on any atom is 0.342 e. The monoisotopic (exact) mass is 329 g/mol. The lowest BCUT2D eigenvalue weighted by Gasteiger charge is -2.10. The molecule has 0 atom stereocenters. The summed E-state index contributed by atoms with van der Waals surface area (Å²) in [4.78, 5) is 12.1. The Balaban J connectivity index is 2.50. The molecule has 0 saturated carbocycles. The van der Waals surface area contributed by atoms with Crippen LogP contribution in [-0.2, 0) is 4.74 Å². The van der Waals surface area contributed by atoms with Crippen molar-refractivity contribution in [3.63, 3.8) is 0 Å². The number of rotatable bonds is 3. The van der Waals surface area contributed by atoms with Crippen LogP contribution in [0.25, 0.3) is 11.1 Å². The molecule has 20 heavy (non-hydrogen) atoms. The van der Waals surface area contributed by atoms with Gasteiger partial charge in [-0.25, -0.2) is 4.79 Å². The standard InChI is InChI=1S/C14H13Cl2NO2S/c1-7(2)19-14(18)12-10(6-20-13(12)17)9-4-3-8(15)5-11(9)16/h3-7H,17H2,1-2H3. The minimum Gasteiger partial charge on any atom is -0.459 e. The van der Waals surface area contributed by atoms with Crippen LogP contribution in [0.1, 0.15) is 24.2 Å². The van der Waals surface area contributed by atoms with Gasteiger partial charge in [-0.2, -0.15) is 0 Å². The summed E-state index contributed by atoms with van der Waals surface area (Å²) < 4.78 is 5.22. The Hall–Kier alpha value is -1.23. The number of anilines is 1. The average molecular weight is 330 g/mol. The van der Waals surface area contributed by atoms with Gasteiger partial charge in [0.25, 0.3) is 0 Å². The van der Waals surface area contributed by atoms with Crippen molar-refractivity contribution in [1.29, 1.82) is 0 Å². The normalized spacial score (nSPS) is 10.8. The minimum absolute atomic E-state index is 0.213. The molecule has 0 amide bonds. The molecular weight excluding hydrogens is 317 g/mol. The average Bonchev–Trinajstić information content (AvgIpc) is 2.70. The van der Waals surface area contributed by atoms with Gasteiger partial charge in [0.15, 0.2) is 0 Å². The molecule has 0 aliphatic carbocycles. The van der Waals surface area contributed by atoms with E-state index < -0.39 is 5.97 Å². The Kier molecular flexibility index (Phi) is 4.58. The number of thiophene rings is 1. The van der Waals surface area contributed by atoms with Crippen molar-refractivity contribution in [1.82, 2.24) is 0 Å². The molecule has 0 aliphatic heterocycles. The van der Waals surface area contributed by atoms with Gasteiger partial charge in [0.2, 0.25) is 0 Å². The summed E-state index contributed by atoms with van der Waals surface area (Å²) in [6.45, 7) is 3.57. The number of halogens is 2. The molecule has 1 aromatic carbocycles. The second kappa shape index (κ2) is 6.04. The molecule has 0 fully saturated rings. The van der Waals surface area contributed by atoms with Crippen LogP contribution < -0.4 is 5.73 Å². The van der Waals surface area contributed by atoms with Crippen molar-refractivity contribution < 1.29 is 9.53 Å². The summed E-state index contributed by atoms with van der Waals surface area (Å²) in [7, 11) is 0. The Morgan fingerprint density at radius 1 is 1.30 bits per heavy atom. The fourth-order valence-electron chi connectivity index (χ4n) is 1.76. The Morgan fingerprint density at radius 3 is 2.60 bits per heavy atom. The van der Waals surface area contributed by atoms with E-state index in [1.165, 1.54) is 11.3 Å². The zero-order valence-electron chi connectivity index (χ0n) is 10.9. The van der Waals surface area contributed by atoms with Crippen LogP contribution in [0.4, 0.5) is 5.00 Å². The topological polar surface area (TPSA) is 52.3 Å². The number of nitrogen functional groups attached to an aromatic ring is 1. The molecule has 0 bridgehead atoms. The molecule has 6 heteroatoms. The highest BCUT2D eigenvalue weighted by Crippen LogP contribution is 2.38. The third-order valence-corrected chi connectivity index (χ3v) is 3.95. The summed E-state index contributed by atoms with van der Waals surface area (Å²) in [6, 6.07) is 5.11. The van der Waals surface area contributed by atoms with E-state index in [1.807, 2.05) is 0 Å². The third-order valence-electron chi connectivity index (χ3n) is 2.59. The van der Waals surface area contributed by atoms with E-state index in [0.29, 0.717) is 31.7 Å². The Labute approximate surface area is 131 Å². The Bertz CT molecular complexity index is 653. The number of ether oxygens (including phenoxy) is 1. The maximum atomic E-state index is 12.1. The van der Waals surface area contributed by atoms with Gasteiger partial charge in [0.1, 0.15) is 10.6 Å². The number of benzene rings is 1. The number of nitrogens with two attached hydrogens (primary N) is 1. The number of carbonyl (C=O) groups excluding carboxylic acids is 1. The molecule has 0 aliphatic rings. The van der Waals surface area contributed by atoms with Crippen molar-refractivity contribution in [2.45, 2.75) is 20.0 Å². The lowest BCUT2D eigenvalue weighted by molar-refractivity contribution is 0.0380. The van der Waals surface area contributed by atoms with Crippen molar-refractivity contribution in [2.75, 3.05) is 5.73 Å². The zero-order chi connectivity index (χ0) is 14.9. The quantitative estimate of drug-likeness (QED) is 0.817. The van der Waals surface area contributed by atoms with Crippen LogP contribution in [0, 0.1) is 0 Å². The number of esters is 1. The molecule has 0 radical (unpaired) electrons. The van der Waals surface area contributed by atoms with Gasteiger partial charge in [-0.3, -0.25) is 0 Å². The first kappa shape index (κ1) is 15.2. The van der Waals surface area contributed by atoms with E-state index in [9.17, 15) is 4.79 Å². The number of hydrogen-bond acceptors (Lipinski definition) is 4. The minimum atomic E-state index is -0.445. The van der Waals surface area contributed by atoms with Gasteiger partial charge in [-0.05, 0) is 26.0 Å². The number of hydrogen-bond donors (Lipinski definition) is 1. The molecule has 1 heterocycles. The largest absolute Gasteiger partial charge is 0.459 e. The van der Waals surface area contributed by atoms with Crippen LogP contribution >= 0.6 is 34.5 Å². The molecule has 2 N–H and O–H groups in total. The first-order valence-corrected chi connectivity index (χ1v) is 7.57. The van der Waals surface area contributed by atoms with E-state index in [-0.39, 0.29) is 6.10 Å². The summed E-state index contributed by atoms with van der Waals surface area (Å²) in [5.74, 6) is -0.445. The molecule has 2 rings (SSSR count). The van der Waals surface area contributed by atoms with Gasteiger partial charge >= 0.3 is 5.97 Å². The lowest BCUT2D eigenvalue weighted by Crippen LogP contribution is -2.13. The molecule has 106 valence electrons. The van der Waals surface area contributed by atoms with Gasteiger partial charge in [0, 0.05) is 26.6 Å². The lowest BCUT2D eigenvalue weighted by atomic mass is 10.0. The molecule has 0 unspecified atom stereocenters. The van der Waals surface area contributed by atoms with Crippen LogP contribution in [0.3, 0.4) is 0 Å². The second-order valence-electron chi connectivity index (χ2n) is 4.47. The highest BCUT2D eigenvalue weighted by atomic mass is 35.5. The van der Waals surface area contributed by atoms with Crippen molar-refractivity contribution >= 4 is 45.5 Å². The highest BCUT2D eigenvalue weighted by molar-refractivity contribution is 7.15. The fourth-order valence-corrected chi connectivity index (χ4v) is 3.07. The first-order chi connectivity index (χ1) is 9.40. The van der Waals surface area contributed by atoms with Crippen LogP contribution in [0.15, 0.2) is 23.6 Å². The number of carbonyl (C=O) groups is 1. The molecule has 0 saturated heterocycles. The maximum absolute atomic E-state index is 12.1. The molecule has 1 aromatic heterocycles. The summed E-state index contributed by atoms with van der Waals surface area (Å²) in [5.41, 5.74) is 7.61. The summed E-state index contributed by atoms with van der Waals surface area (Å²) >= 11 is 13.3. The van der Waals surface area contributed by atoms with E-state index in [4.69, 9.17) is 33.7 Å². The van der Waals surface area contributed by atoms with E-state index in [0.717, 1.165) is 0 Å². The molecule has 0 spiro atoms. The fraction of sp³-hybridized carbons (Fsp3) is 0.214. The van der Waals surface area contributed by atoms with Crippen molar-refractivity contribution in [3.05, 3.63) is 39.2 Å². The predicted molar refractivity (Wildman–Crippen MR) is 84.7 cm³/mol. The van der Waals surface area contributed by atoms with Gasteiger partial charge in [-0.1, -0.05) is 29.3 Å². The predicted octanol–water partition coefficient (Wildman–Crippen LogP) is 4.87. The molecular formula is C14H13Cl2NO2S. The summed E-state index contributed by atoms with van der Waals surface area (Å²) in [6.07, 6.45) is -0.213. The third kappa shape index (κ3) is 3.08. The smallest absolute Gasteiger partial charge is 0.342 e. The van der Waals surface area contributed by atoms with Crippen LogP contribution in [0.2, 0.25) is 10.0 Å². The van der Waals surface area contributed by atoms with E-state index >= 15 is 0 Å². The van der Waals surface area contributed by atoms with Crippen molar-refractivity contribution in [2.24, 2.45) is 0 Å². The van der Waals surface area contributed by atoms with E-state index in [2.05, 4.69) is 0 Å². The van der Waals surface area contributed by atoms with Crippen LogP contribution in [0.5, 0.6) is 0 Å². The van der Waals surface area contributed by atoms with Gasteiger partial charge in [-0.15, -0.1) is 11.3 Å². The highest BCUT2D eigenvalue weighted by Gasteiger charge is 2.22. The first-order valence-electron chi connectivity index (χ1n) is 5.93. The molecule has 2 aromatic rings. The van der Waals surface area contributed by atoms with Gasteiger partial charge < -0.3 is 10.5 Å². The van der Waals surface area contributed by atoms with Crippen molar-refractivity contribution in [3.8, 4) is 11.1 Å². The Morgan fingerprint density at radius 2 is 2.00 bits per heavy atom. The van der Waals surface area contributed by atoms with Gasteiger partial charge in [0.05, 0.1) is 6.10 Å². The van der Waals surface area contributed by atoms with E-state index in [1.54, 1.807) is 37.4 Å². The zero-order valence-corrected chi connectivity index (χ0v) is 13.3. The van der Waals surface area contributed by atoms with Crippen LogP contribution in [-0.4, -0.2) is 12.1 Å². The SMILES string of the molecule is CC(C)OC(=O)c1c(-c2ccc(Cl)cc2Cl)csc1N.